The van der Waals surface area contributed by atoms with Gasteiger partial charge in [-0.05, 0) is 19.1 Å². The van der Waals surface area contributed by atoms with Crippen LogP contribution in [0.4, 0.5) is 5.69 Å². The van der Waals surface area contributed by atoms with Crippen molar-refractivity contribution >= 4 is 17.4 Å². The van der Waals surface area contributed by atoms with Gasteiger partial charge in [-0.15, -0.1) is 6.58 Å². The monoisotopic (exact) mass is 180 g/mol. The molecule has 1 aromatic rings. The number of aromatic nitrogens is 1. The topological polar surface area (TPSA) is 38.9 Å². The summed E-state index contributed by atoms with van der Waals surface area (Å²) in [5.74, 6) is 0. The van der Waals surface area contributed by atoms with Crippen LogP contribution in [0.25, 0.3) is 0 Å². The van der Waals surface area contributed by atoms with Crippen molar-refractivity contribution in [1.29, 1.82) is 0 Å². The standard InChI is InChI=1S/C9H12N2S/c1-3-7(2)12-9-5-4-8(10)6-11-9/h3-7H,1,10H2,2H3. The Morgan fingerprint density at radius 1 is 1.67 bits per heavy atom. The first-order chi connectivity index (χ1) is 5.72. The molecule has 1 heterocycles. The molecule has 0 aliphatic rings. The quantitative estimate of drug-likeness (QED) is 0.573. The Hall–Kier alpha value is -0.960. The average molecular weight is 180 g/mol. The summed E-state index contributed by atoms with van der Waals surface area (Å²) in [7, 11) is 0. The number of hydrogen-bond acceptors (Lipinski definition) is 3. The van der Waals surface area contributed by atoms with Crippen LogP contribution in [0.1, 0.15) is 6.92 Å². The van der Waals surface area contributed by atoms with E-state index in [4.69, 9.17) is 5.73 Å². The van der Waals surface area contributed by atoms with E-state index in [0.717, 1.165) is 5.03 Å². The summed E-state index contributed by atoms with van der Waals surface area (Å²) in [5, 5.41) is 1.37. The fourth-order valence-electron chi connectivity index (χ4n) is 0.700. The number of thioether (sulfide) groups is 1. The minimum Gasteiger partial charge on any atom is -0.397 e. The average Bonchev–Trinajstić information content (AvgIpc) is 2.09. The van der Waals surface area contributed by atoms with Gasteiger partial charge in [0.2, 0.25) is 0 Å². The molecule has 1 aromatic heterocycles. The van der Waals surface area contributed by atoms with Crippen molar-refractivity contribution in [1.82, 2.24) is 4.98 Å². The van der Waals surface area contributed by atoms with Crippen molar-refractivity contribution in [2.45, 2.75) is 17.2 Å². The van der Waals surface area contributed by atoms with Gasteiger partial charge in [0.15, 0.2) is 0 Å². The summed E-state index contributed by atoms with van der Waals surface area (Å²) < 4.78 is 0. The molecule has 1 atom stereocenters. The molecular weight excluding hydrogens is 168 g/mol. The van der Waals surface area contributed by atoms with Crippen molar-refractivity contribution in [2.24, 2.45) is 0 Å². The first-order valence-electron chi connectivity index (χ1n) is 3.73. The van der Waals surface area contributed by atoms with Gasteiger partial charge in [-0.2, -0.15) is 0 Å². The van der Waals surface area contributed by atoms with Crippen LogP contribution in [0.3, 0.4) is 0 Å². The first-order valence-corrected chi connectivity index (χ1v) is 4.61. The zero-order valence-corrected chi connectivity index (χ0v) is 7.84. The van der Waals surface area contributed by atoms with Gasteiger partial charge < -0.3 is 5.73 Å². The lowest BCUT2D eigenvalue weighted by molar-refractivity contribution is 1.12. The summed E-state index contributed by atoms with van der Waals surface area (Å²) in [6, 6.07) is 3.77. The Balaban J connectivity index is 2.64. The number of anilines is 1. The predicted molar refractivity (Wildman–Crippen MR) is 54.2 cm³/mol. The van der Waals surface area contributed by atoms with E-state index in [0.29, 0.717) is 10.9 Å². The molecule has 0 saturated carbocycles. The largest absolute Gasteiger partial charge is 0.397 e. The molecule has 0 aromatic carbocycles. The van der Waals surface area contributed by atoms with Crippen molar-refractivity contribution in [2.75, 3.05) is 5.73 Å². The van der Waals surface area contributed by atoms with Gasteiger partial charge >= 0.3 is 0 Å². The lowest BCUT2D eigenvalue weighted by Gasteiger charge is -2.03. The van der Waals surface area contributed by atoms with Crippen LogP contribution in [0.2, 0.25) is 0 Å². The van der Waals surface area contributed by atoms with Gasteiger partial charge in [-0.25, -0.2) is 4.98 Å². The van der Waals surface area contributed by atoms with Crippen LogP contribution in [-0.4, -0.2) is 10.2 Å². The Morgan fingerprint density at radius 3 is 2.92 bits per heavy atom. The minimum absolute atomic E-state index is 0.390. The highest BCUT2D eigenvalue weighted by Crippen LogP contribution is 2.21. The molecule has 1 unspecified atom stereocenters. The Kier molecular flexibility index (Phi) is 3.17. The zero-order valence-electron chi connectivity index (χ0n) is 7.03. The van der Waals surface area contributed by atoms with Gasteiger partial charge in [0.1, 0.15) is 0 Å². The molecule has 0 saturated heterocycles. The highest BCUT2D eigenvalue weighted by atomic mass is 32.2. The van der Waals surface area contributed by atoms with Crippen LogP contribution < -0.4 is 5.73 Å². The van der Waals surface area contributed by atoms with E-state index < -0.39 is 0 Å². The number of pyridine rings is 1. The van der Waals surface area contributed by atoms with Crippen molar-refractivity contribution in [3.63, 3.8) is 0 Å². The Labute approximate surface area is 76.9 Å². The molecule has 12 heavy (non-hydrogen) atoms. The van der Waals surface area contributed by atoms with Crippen LogP contribution >= 0.6 is 11.8 Å². The van der Waals surface area contributed by atoms with Gasteiger partial charge in [-0.3, -0.25) is 0 Å². The van der Waals surface area contributed by atoms with E-state index in [9.17, 15) is 0 Å². The smallest absolute Gasteiger partial charge is 0.0967 e. The fraction of sp³-hybridized carbons (Fsp3) is 0.222. The molecule has 0 aliphatic carbocycles. The molecular formula is C9H12N2S. The maximum absolute atomic E-state index is 5.50. The predicted octanol–water partition coefficient (Wildman–Crippen LogP) is 2.33. The first kappa shape index (κ1) is 9.13. The zero-order chi connectivity index (χ0) is 8.97. The summed E-state index contributed by atoms with van der Waals surface area (Å²) in [5.41, 5.74) is 6.20. The maximum Gasteiger partial charge on any atom is 0.0967 e. The second-order valence-electron chi connectivity index (χ2n) is 2.49. The van der Waals surface area contributed by atoms with Gasteiger partial charge in [0.05, 0.1) is 16.9 Å². The van der Waals surface area contributed by atoms with E-state index in [2.05, 4.69) is 18.5 Å². The van der Waals surface area contributed by atoms with E-state index in [1.165, 1.54) is 0 Å². The Bertz CT molecular complexity index is 256. The van der Waals surface area contributed by atoms with E-state index in [1.54, 1.807) is 18.0 Å². The van der Waals surface area contributed by atoms with Crippen molar-refractivity contribution in [3.8, 4) is 0 Å². The highest BCUT2D eigenvalue weighted by Gasteiger charge is 1.99. The van der Waals surface area contributed by atoms with E-state index >= 15 is 0 Å². The number of rotatable bonds is 3. The lowest BCUT2D eigenvalue weighted by Crippen LogP contribution is -1.91. The summed E-state index contributed by atoms with van der Waals surface area (Å²) >= 11 is 1.67. The van der Waals surface area contributed by atoms with Crippen LogP contribution in [-0.2, 0) is 0 Å². The molecule has 0 bridgehead atoms. The second-order valence-corrected chi connectivity index (χ2v) is 3.89. The molecule has 0 amide bonds. The second kappa shape index (κ2) is 4.16. The van der Waals surface area contributed by atoms with Gasteiger partial charge in [0.25, 0.3) is 0 Å². The molecule has 2 nitrogen and oxygen atoms in total. The molecule has 64 valence electrons. The molecule has 2 N–H and O–H groups in total. The van der Waals surface area contributed by atoms with Crippen LogP contribution in [0, 0.1) is 0 Å². The minimum atomic E-state index is 0.390. The SMILES string of the molecule is C=CC(C)Sc1ccc(N)cn1. The lowest BCUT2D eigenvalue weighted by atomic mass is 10.4. The molecule has 0 spiro atoms. The number of nitrogens with zero attached hydrogens (tertiary/aromatic N) is 1. The number of nitrogens with two attached hydrogens (primary N) is 1. The van der Waals surface area contributed by atoms with Gasteiger partial charge in [-0.1, -0.05) is 17.8 Å². The van der Waals surface area contributed by atoms with Crippen LogP contribution in [0.5, 0.6) is 0 Å². The van der Waals surface area contributed by atoms with Crippen molar-refractivity contribution < 1.29 is 0 Å². The van der Waals surface area contributed by atoms with Crippen LogP contribution in [0.15, 0.2) is 36.0 Å². The third kappa shape index (κ3) is 2.58. The fourth-order valence-corrected chi connectivity index (χ4v) is 1.44. The summed E-state index contributed by atoms with van der Waals surface area (Å²) in [6.07, 6.45) is 3.56. The van der Waals surface area contributed by atoms with E-state index in [1.807, 2.05) is 18.2 Å². The number of hydrogen-bond donors (Lipinski definition) is 1. The van der Waals surface area contributed by atoms with Crippen molar-refractivity contribution in [3.05, 3.63) is 31.0 Å². The normalized spacial score (nSPS) is 12.4. The summed E-state index contributed by atoms with van der Waals surface area (Å²) in [6.45, 7) is 5.78. The molecule has 0 radical (unpaired) electrons. The van der Waals surface area contributed by atoms with E-state index in [-0.39, 0.29) is 0 Å². The third-order valence-electron chi connectivity index (χ3n) is 1.40. The van der Waals surface area contributed by atoms with Gasteiger partial charge in [0, 0.05) is 5.25 Å². The summed E-state index contributed by atoms with van der Waals surface area (Å²) in [4.78, 5) is 4.16. The molecule has 0 fully saturated rings. The molecule has 0 aliphatic heterocycles. The third-order valence-corrected chi connectivity index (χ3v) is 2.45. The molecule has 1 rings (SSSR count). The Morgan fingerprint density at radius 2 is 2.42 bits per heavy atom. The maximum atomic E-state index is 5.50. The molecule has 3 heteroatoms. The number of nitrogen functional groups attached to an aromatic ring is 1. The highest BCUT2D eigenvalue weighted by molar-refractivity contribution is 8.00.